The van der Waals surface area contributed by atoms with Crippen LogP contribution in [0.3, 0.4) is 0 Å². The lowest BCUT2D eigenvalue weighted by atomic mass is 9.97. The highest BCUT2D eigenvalue weighted by Crippen LogP contribution is 2.40. The van der Waals surface area contributed by atoms with Crippen LogP contribution >= 0.6 is 0 Å². The lowest BCUT2D eigenvalue weighted by molar-refractivity contribution is 0.364. The van der Waals surface area contributed by atoms with Crippen LogP contribution in [0.5, 0.6) is 0 Å². The number of rotatable bonds is 4. The SMILES string of the molecule is c1cn(C[C@@H]2CCCN(c3nc(C4CC4)nc4c3CCNCC4)C2)cn1. The van der Waals surface area contributed by atoms with Crippen molar-refractivity contribution in [1.29, 1.82) is 0 Å². The molecule has 1 saturated heterocycles. The van der Waals surface area contributed by atoms with E-state index in [0.29, 0.717) is 11.8 Å². The van der Waals surface area contributed by atoms with Crippen LogP contribution in [0, 0.1) is 5.92 Å². The van der Waals surface area contributed by atoms with Gasteiger partial charge in [0.2, 0.25) is 0 Å². The molecular formula is C20H28N6. The van der Waals surface area contributed by atoms with E-state index in [1.807, 2.05) is 12.5 Å². The van der Waals surface area contributed by atoms with Crippen LogP contribution in [0.2, 0.25) is 0 Å². The van der Waals surface area contributed by atoms with Gasteiger partial charge in [0.15, 0.2) is 0 Å². The number of aromatic nitrogens is 4. The molecule has 0 aromatic carbocycles. The first-order chi connectivity index (χ1) is 12.9. The Labute approximate surface area is 155 Å². The molecule has 1 saturated carbocycles. The molecule has 6 nitrogen and oxygen atoms in total. The molecule has 5 rings (SSSR count). The Kier molecular flexibility index (Phi) is 4.36. The molecule has 6 heteroatoms. The van der Waals surface area contributed by atoms with Gasteiger partial charge >= 0.3 is 0 Å². The Bertz CT molecular complexity index is 752. The number of nitrogens with zero attached hydrogens (tertiary/aromatic N) is 5. The topological polar surface area (TPSA) is 58.9 Å². The van der Waals surface area contributed by atoms with E-state index < -0.39 is 0 Å². The first kappa shape index (κ1) is 16.2. The molecule has 2 fully saturated rings. The molecule has 2 aromatic rings. The third-order valence-corrected chi connectivity index (χ3v) is 5.97. The van der Waals surface area contributed by atoms with Gasteiger partial charge in [-0.25, -0.2) is 15.0 Å². The second-order valence-corrected chi connectivity index (χ2v) is 8.07. The molecule has 0 radical (unpaired) electrons. The maximum absolute atomic E-state index is 5.11. The van der Waals surface area contributed by atoms with E-state index >= 15 is 0 Å². The average molecular weight is 352 g/mol. The van der Waals surface area contributed by atoms with E-state index in [2.05, 4.69) is 26.0 Å². The predicted molar refractivity (Wildman–Crippen MR) is 101 cm³/mol. The second kappa shape index (κ2) is 6.99. The van der Waals surface area contributed by atoms with E-state index in [-0.39, 0.29) is 0 Å². The van der Waals surface area contributed by atoms with Gasteiger partial charge in [0.1, 0.15) is 11.6 Å². The summed E-state index contributed by atoms with van der Waals surface area (Å²) < 4.78 is 2.22. The minimum atomic E-state index is 0.613. The van der Waals surface area contributed by atoms with Crippen molar-refractivity contribution in [3.05, 3.63) is 35.8 Å². The minimum Gasteiger partial charge on any atom is -0.356 e. The summed E-state index contributed by atoms with van der Waals surface area (Å²) in [5.74, 6) is 3.63. The van der Waals surface area contributed by atoms with Crippen molar-refractivity contribution in [1.82, 2.24) is 24.8 Å². The summed E-state index contributed by atoms with van der Waals surface area (Å²) >= 11 is 0. The lowest BCUT2D eigenvalue weighted by Gasteiger charge is -2.35. The van der Waals surface area contributed by atoms with Crippen molar-refractivity contribution in [3.63, 3.8) is 0 Å². The number of fused-ring (bicyclic) bond motifs is 1. The zero-order valence-electron chi connectivity index (χ0n) is 15.4. The Morgan fingerprint density at radius 3 is 2.88 bits per heavy atom. The van der Waals surface area contributed by atoms with Crippen molar-refractivity contribution in [3.8, 4) is 0 Å². The Hall–Kier alpha value is -1.95. The summed E-state index contributed by atoms with van der Waals surface area (Å²) in [6.07, 6.45) is 13.0. The van der Waals surface area contributed by atoms with E-state index in [0.717, 1.165) is 51.4 Å². The van der Waals surface area contributed by atoms with Crippen LogP contribution in [-0.4, -0.2) is 45.7 Å². The zero-order valence-corrected chi connectivity index (χ0v) is 15.4. The molecule has 2 aromatic heterocycles. The molecular weight excluding hydrogens is 324 g/mol. The standard InChI is InChI=1S/C20H28N6/c1-2-15(12-25-11-9-22-14-25)13-26(10-1)20-17-5-7-21-8-6-18(17)23-19(24-20)16-3-4-16/h9,11,14-16,21H,1-8,10,12-13H2/t15-/m0/s1. The Balaban J connectivity index is 1.43. The average Bonchev–Trinajstić information content (AvgIpc) is 3.44. The molecule has 0 bridgehead atoms. The number of anilines is 1. The molecule has 2 aliphatic heterocycles. The first-order valence-corrected chi connectivity index (χ1v) is 10.2. The number of hydrogen-bond donors (Lipinski definition) is 1. The molecule has 4 heterocycles. The maximum atomic E-state index is 5.11. The second-order valence-electron chi connectivity index (χ2n) is 8.07. The highest BCUT2D eigenvalue weighted by atomic mass is 15.2. The van der Waals surface area contributed by atoms with E-state index in [4.69, 9.17) is 9.97 Å². The normalized spacial score (nSPS) is 23.5. The van der Waals surface area contributed by atoms with Crippen LogP contribution in [-0.2, 0) is 19.4 Å². The number of hydrogen-bond acceptors (Lipinski definition) is 5. The molecule has 26 heavy (non-hydrogen) atoms. The van der Waals surface area contributed by atoms with Crippen molar-refractivity contribution < 1.29 is 0 Å². The fraction of sp³-hybridized carbons (Fsp3) is 0.650. The van der Waals surface area contributed by atoms with Gasteiger partial charge in [-0.05, 0) is 44.6 Å². The van der Waals surface area contributed by atoms with Crippen LogP contribution in [0.15, 0.2) is 18.7 Å². The van der Waals surface area contributed by atoms with E-state index in [9.17, 15) is 0 Å². The van der Waals surface area contributed by atoms with E-state index in [1.54, 1.807) is 0 Å². The number of imidazole rings is 1. The van der Waals surface area contributed by atoms with Gasteiger partial charge in [0.05, 0.1) is 12.0 Å². The molecule has 0 unspecified atom stereocenters. The van der Waals surface area contributed by atoms with Gasteiger partial charge in [0.25, 0.3) is 0 Å². The number of piperidine rings is 1. The number of nitrogens with one attached hydrogen (secondary N) is 1. The fourth-order valence-electron chi connectivity index (χ4n) is 4.43. The highest BCUT2D eigenvalue weighted by Gasteiger charge is 2.31. The van der Waals surface area contributed by atoms with Crippen LogP contribution < -0.4 is 10.2 Å². The van der Waals surface area contributed by atoms with Gasteiger partial charge < -0.3 is 14.8 Å². The van der Waals surface area contributed by atoms with Crippen molar-refractivity contribution in [2.45, 2.75) is 51.0 Å². The van der Waals surface area contributed by atoms with Crippen molar-refractivity contribution in [2.75, 3.05) is 31.1 Å². The summed E-state index contributed by atoms with van der Waals surface area (Å²) in [6, 6.07) is 0. The first-order valence-electron chi connectivity index (χ1n) is 10.2. The molecule has 1 N–H and O–H groups in total. The summed E-state index contributed by atoms with van der Waals surface area (Å²) in [5.41, 5.74) is 2.71. The fourth-order valence-corrected chi connectivity index (χ4v) is 4.43. The summed E-state index contributed by atoms with van der Waals surface area (Å²) in [6.45, 7) is 5.36. The summed E-state index contributed by atoms with van der Waals surface area (Å²) in [4.78, 5) is 16.8. The van der Waals surface area contributed by atoms with Gasteiger partial charge in [-0.15, -0.1) is 0 Å². The third kappa shape index (κ3) is 3.34. The highest BCUT2D eigenvalue weighted by molar-refractivity contribution is 5.51. The quantitative estimate of drug-likeness (QED) is 0.914. The summed E-state index contributed by atoms with van der Waals surface area (Å²) in [7, 11) is 0. The molecule has 3 aliphatic rings. The smallest absolute Gasteiger partial charge is 0.135 e. The van der Waals surface area contributed by atoms with Crippen LogP contribution in [0.4, 0.5) is 5.82 Å². The van der Waals surface area contributed by atoms with Crippen LogP contribution in [0.1, 0.15) is 48.7 Å². The largest absolute Gasteiger partial charge is 0.356 e. The van der Waals surface area contributed by atoms with Gasteiger partial charge in [-0.3, -0.25) is 0 Å². The summed E-state index contributed by atoms with van der Waals surface area (Å²) in [5, 5.41) is 3.53. The minimum absolute atomic E-state index is 0.613. The van der Waals surface area contributed by atoms with E-state index in [1.165, 1.54) is 42.8 Å². The zero-order chi connectivity index (χ0) is 17.3. The van der Waals surface area contributed by atoms with Gasteiger partial charge in [0, 0.05) is 56.5 Å². The predicted octanol–water partition coefficient (Wildman–Crippen LogP) is 2.16. The van der Waals surface area contributed by atoms with Gasteiger partial charge in [-0.1, -0.05) is 0 Å². The van der Waals surface area contributed by atoms with Crippen LogP contribution in [0.25, 0.3) is 0 Å². The molecule has 1 aliphatic carbocycles. The molecule has 0 amide bonds. The van der Waals surface area contributed by atoms with Crippen molar-refractivity contribution >= 4 is 5.82 Å². The molecule has 0 spiro atoms. The lowest BCUT2D eigenvalue weighted by Crippen LogP contribution is -2.38. The Morgan fingerprint density at radius 1 is 1.12 bits per heavy atom. The maximum Gasteiger partial charge on any atom is 0.135 e. The molecule has 1 atom stereocenters. The molecule has 138 valence electrons. The third-order valence-electron chi connectivity index (χ3n) is 5.97. The van der Waals surface area contributed by atoms with Crippen molar-refractivity contribution in [2.24, 2.45) is 5.92 Å². The van der Waals surface area contributed by atoms with Gasteiger partial charge in [-0.2, -0.15) is 0 Å². The Morgan fingerprint density at radius 2 is 2.04 bits per heavy atom. The monoisotopic (exact) mass is 352 g/mol.